The minimum absolute atomic E-state index is 0.286. The molecular weight excluding hydrogens is 350 g/mol. The van der Waals surface area contributed by atoms with Crippen molar-refractivity contribution in [1.29, 1.82) is 0 Å². The number of likely N-dealkylation sites (tertiary alicyclic amines) is 1. The highest BCUT2D eigenvalue weighted by atomic mass is 16.5. The molecule has 28 heavy (non-hydrogen) atoms. The van der Waals surface area contributed by atoms with E-state index in [1.54, 1.807) is 0 Å². The van der Waals surface area contributed by atoms with E-state index < -0.39 is 0 Å². The number of carbonyl (C=O) groups is 1. The van der Waals surface area contributed by atoms with Crippen LogP contribution in [0.15, 0.2) is 0 Å². The molecule has 3 rings (SSSR count). The molecule has 3 fully saturated rings. The van der Waals surface area contributed by atoms with E-state index in [4.69, 9.17) is 4.74 Å². The van der Waals surface area contributed by atoms with Crippen LogP contribution in [-0.4, -0.2) is 85.7 Å². The highest BCUT2D eigenvalue weighted by molar-refractivity contribution is 5.80. The SMILES string of the molecule is CC.CC(C)CCCOC1CCN(C2CC(C(=O)N3CCN(C)CC3)C2)CC1. The fourth-order valence-corrected chi connectivity index (χ4v) is 4.52. The zero-order valence-corrected chi connectivity index (χ0v) is 19.2. The van der Waals surface area contributed by atoms with Gasteiger partial charge in [-0.2, -0.15) is 0 Å². The minimum Gasteiger partial charge on any atom is -0.378 e. The van der Waals surface area contributed by atoms with Gasteiger partial charge in [-0.3, -0.25) is 4.79 Å². The molecule has 5 nitrogen and oxygen atoms in total. The third-order valence-corrected chi connectivity index (χ3v) is 6.55. The second kappa shape index (κ2) is 12.1. The maximum atomic E-state index is 12.6. The van der Waals surface area contributed by atoms with Crippen LogP contribution in [-0.2, 0) is 9.53 Å². The van der Waals surface area contributed by atoms with Crippen molar-refractivity contribution < 1.29 is 9.53 Å². The van der Waals surface area contributed by atoms with Crippen molar-refractivity contribution in [3.05, 3.63) is 0 Å². The Labute approximate surface area is 173 Å². The molecular formula is C23H45N3O2. The van der Waals surface area contributed by atoms with E-state index in [2.05, 4.69) is 35.6 Å². The molecule has 0 aromatic carbocycles. The van der Waals surface area contributed by atoms with E-state index in [1.165, 1.54) is 12.8 Å². The summed E-state index contributed by atoms with van der Waals surface area (Å²) in [7, 11) is 2.14. The van der Waals surface area contributed by atoms with Crippen molar-refractivity contribution in [1.82, 2.24) is 14.7 Å². The van der Waals surface area contributed by atoms with Crippen molar-refractivity contribution >= 4 is 5.91 Å². The maximum Gasteiger partial charge on any atom is 0.225 e. The molecule has 0 spiro atoms. The number of amides is 1. The summed E-state index contributed by atoms with van der Waals surface area (Å²) in [5.74, 6) is 1.48. The third kappa shape index (κ3) is 7.00. The zero-order chi connectivity index (χ0) is 20.5. The molecule has 1 amide bonds. The fourth-order valence-electron chi connectivity index (χ4n) is 4.52. The van der Waals surface area contributed by atoms with Gasteiger partial charge < -0.3 is 19.4 Å². The second-order valence-electron chi connectivity index (χ2n) is 9.09. The van der Waals surface area contributed by atoms with E-state index >= 15 is 0 Å². The predicted octanol–water partition coefficient (Wildman–Crippen LogP) is 3.48. The van der Waals surface area contributed by atoms with Crippen LogP contribution < -0.4 is 0 Å². The Morgan fingerprint density at radius 2 is 1.61 bits per heavy atom. The highest BCUT2D eigenvalue weighted by Gasteiger charge is 2.40. The maximum absolute atomic E-state index is 12.6. The van der Waals surface area contributed by atoms with Crippen LogP contribution in [0.25, 0.3) is 0 Å². The van der Waals surface area contributed by atoms with E-state index in [1.807, 2.05) is 13.8 Å². The van der Waals surface area contributed by atoms with Gasteiger partial charge in [0.15, 0.2) is 0 Å². The van der Waals surface area contributed by atoms with Crippen molar-refractivity contribution in [2.45, 2.75) is 78.4 Å². The van der Waals surface area contributed by atoms with Gasteiger partial charge in [-0.15, -0.1) is 0 Å². The Morgan fingerprint density at radius 3 is 2.18 bits per heavy atom. The lowest BCUT2D eigenvalue weighted by atomic mass is 9.77. The summed E-state index contributed by atoms with van der Waals surface area (Å²) in [6.07, 6.45) is 7.39. The zero-order valence-electron chi connectivity index (χ0n) is 19.2. The molecule has 1 aliphatic carbocycles. The van der Waals surface area contributed by atoms with E-state index in [-0.39, 0.29) is 5.92 Å². The van der Waals surface area contributed by atoms with Crippen LogP contribution >= 0.6 is 0 Å². The number of nitrogens with zero attached hydrogens (tertiary/aromatic N) is 3. The second-order valence-corrected chi connectivity index (χ2v) is 9.09. The minimum atomic E-state index is 0.286. The molecule has 1 saturated carbocycles. The van der Waals surface area contributed by atoms with Gasteiger partial charge in [0.2, 0.25) is 5.91 Å². The topological polar surface area (TPSA) is 36.0 Å². The molecule has 2 saturated heterocycles. The summed E-state index contributed by atoms with van der Waals surface area (Å²) >= 11 is 0. The van der Waals surface area contributed by atoms with Crippen molar-refractivity contribution in [3.63, 3.8) is 0 Å². The summed E-state index contributed by atoms with van der Waals surface area (Å²) in [6.45, 7) is 15.6. The van der Waals surface area contributed by atoms with Crippen LogP contribution in [0.2, 0.25) is 0 Å². The number of hydrogen-bond donors (Lipinski definition) is 0. The average molecular weight is 396 g/mol. The molecule has 3 aliphatic rings. The van der Waals surface area contributed by atoms with Gasteiger partial charge >= 0.3 is 0 Å². The van der Waals surface area contributed by atoms with Gasteiger partial charge in [-0.05, 0) is 51.5 Å². The predicted molar refractivity (Wildman–Crippen MR) is 117 cm³/mol. The first-order valence-corrected chi connectivity index (χ1v) is 11.9. The molecule has 5 heteroatoms. The molecule has 0 unspecified atom stereocenters. The van der Waals surface area contributed by atoms with E-state index in [0.29, 0.717) is 18.1 Å². The molecule has 164 valence electrons. The number of ether oxygens (including phenoxy) is 1. The fraction of sp³-hybridized carbons (Fsp3) is 0.957. The van der Waals surface area contributed by atoms with E-state index in [0.717, 1.165) is 77.5 Å². The van der Waals surface area contributed by atoms with Crippen LogP contribution in [0.4, 0.5) is 0 Å². The first-order valence-electron chi connectivity index (χ1n) is 11.9. The molecule has 2 aliphatic heterocycles. The van der Waals surface area contributed by atoms with Crippen molar-refractivity contribution in [2.24, 2.45) is 11.8 Å². The molecule has 0 bridgehead atoms. The number of piperidine rings is 1. The lowest BCUT2D eigenvalue weighted by Crippen LogP contribution is -2.55. The Balaban J connectivity index is 0.00000136. The number of piperazine rings is 1. The first-order chi connectivity index (χ1) is 13.5. The van der Waals surface area contributed by atoms with Crippen LogP contribution in [0.1, 0.15) is 66.2 Å². The quantitative estimate of drug-likeness (QED) is 0.618. The molecule has 0 radical (unpaired) electrons. The number of likely N-dealkylation sites (N-methyl/N-ethyl adjacent to an activating group) is 1. The van der Waals surface area contributed by atoms with Crippen molar-refractivity contribution in [2.75, 3.05) is 52.9 Å². The van der Waals surface area contributed by atoms with Gasteiger partial charge in [-0.25, -0.2) is 0 Å². The Bertz CT molecular complexity index is 435. The largest absolute Gasteiger partial charge is 0.378 e. The highest BCUT2D eigenvalue weighted by Crippen LogP contribution is 2.35. The average Bonchev–Trinajstić information content (AvgIpc) is 2.67. The van der Waals surface area contributed by atoms with Gasteiger partial charge in [0, 0.05) is 57.8 Å². The van der Waals surface area contributed by atoms with Gasteiger partial charge in [0.25, 0.3) is 0 Å². The lowest BCUT2D eigenvalue weighted by molar-refractivity contribution is -0.142. The molecule has 0 aromatic heterocycles. The summed E-state index contributed by atoms with van der Waals surface area (Å²) in [5.41, 5.74) is 0. The molecule has 0 aromatic rings. The van der Waals surface area contributed by atoms with Crippen LogP contribution in [0.3, 0.4) is 0 Å². The standard InChI is InChI=1S/C21H39N3O2.C2H6/c1-17(2)5-4-14-26-20-6-8-23(9-7-20)19-15-18(16-19)21(25)24-12-10-22(3)11-13-24;1-2/h17-20H,4-16H2,1-3H3;1-2H3. The van der Waals surface area contributed by atoms with Gasteiger partial charge in [0.1, 0.15) is 0 Å². The summed E-state index contributed by atoms with van der Waals surface area (Å²) in [4.78, 5) is 19.6. The molecule has 0 N–H and O–H groups in total. The van der Waals surface area contributed by atoms with Gasteiger partial charge in [-0.1, -0.05) is 27.7 Å². The van der Waals surface area contributed by atoms with Gasteiger partial charge in [0.05, 0.1) is 6.10 Å². The summed E-state index contributed by atoms with van der Waals surface area (Å²) in [6, 6.07) is 0.637. The number of carbonyl (C=O) groups excluding carboxylic acids is 1. The third-order valence-electron chi connectivity index (χ3n) is 6.55. The molecule has 2 heterocycles. The number of hydrogen-bond acceptors (Lipinski definition) is 4. The van der Waals surface area contributed by atoms with Crippen LogP contribution in [0, 0.1) is 11.8 Å². The first kappa shape index (κ1) is 23.6. The van der Waals surface area contributed by atoms with Crippen molar-refractivity contribution in [3.8, 4) is 0 Å². The summed E-state index contributed by atoms with van der Waals surface area (Å²) in [5, 5.41) is 0. The van der Waals surface area contributed by atoms with Crippen LogP contribution in [0.5, 0.6) is 0 Å². The molecule has 0 atom stereocenters. The smallest absolute Gasteiger partial charge is 0.225 e. The lowest BCUT2D eigenvalue weighted by Gasteiger charge is -2.46. The summed E-state index contributed by atoms with van der Waals surface area (Å²) < 4.78 is 6.07. The normalized spacial score (nSPS) is 27.3. The van der Waals surface area contributed by atoms with E-state index in [9.17, 15) is 4.79 Å². The Morgan fingerprint density at radius 1 is 1.00 bits per heavy atom. The Hall–Kier alpha value is -0.650. The Kier molecular flexibility index (Phi) is 10.2. The number of rotatable bonds is 7. The monoisotopic (exact) mass is 395 g/mol.